The molecule has 0 saturated heterocycles. The maximum Gasteiger partial charge on any atom is 0.328 e. The van der Waals surface area contributed by atoms with Crippen LogP contribution >= 0.6 is 0 Å². The zero-order chi connectivity index (χ0) is 12.3. The molecule has 1 unspecified atom stereocenters. The molecule has 0 amide bonds. The van der Waals surface area contributed by atoms with E-state index in [1.54, 1.807) is 0 Å². The molecule has 0 radical (unpaired) electrons. The largest absolute Gasteiger partial charge is 0.478 e. The van der Waals surface area contributed by atoms with Crippen molar-refractivity contribution in [2.75, 3.05) is 13.1 Å². The molecule has 17 heavy (non-hydrogen) atoms. The summed E-state index contributed by atoms with van der Waals surface area (Å²) in [6, 6.07) is 8.48. The summed E-state index contributed by atoms with van der Waals surface area (Å²) >= 11 is 0. The number of aliphatic carboxylic acids is 1. The minimum absolute atomic E-state index is 0.587. The Hall–Kier alpha value is -1.61. The minimum Gasteiger partial charge on any atom is -0.478 e. The highest BCUT2D eigenvalue weighted by Crippen LogP contribution is 2.33. The zero-order valence-electron chi connectivity index (χ0n) is 9.94. The number of carboxylic acids is 1. The molecule has 0 saturated carbocycles. The SMILES string of the molecule is C/C(=C/C(=O)O)CNCC1Cc2ccccc21. The third-order valence-corrected chi connectivity index (χ3v) is 3.13. The van der Waals surface area contributed by atoms with Crippen LogP contribution in [0.15, 0.2) is 35.9 Å². The highest BCUT2D eigenvalue weighted by Gasteiger charge is 2.24. The highest BCUT2D eigenvalue weighted by molar-refractivity contribution is 5.80. The van der Waals surface area contributed by atoms with Gasteiger partial charge in [0, 0.05) is 25.1 Å². The van der Waals surface area contributed by atoms with Gasteiger partial charge in [-0.3, -0.25) is 0 Å². The van der Waals surface area contributed by atoms with Crippen LogP contribution in [0, 0.1) is 0 Å². The molecule has 1 aromatic carbocycles. The lowest BCUT2D eigenvalue weighted by molar-refractivity contribution is -0.131. The highest BCUT2D eigenvalue weighted by atomic mass is 16.4. The van der Waals surface area contributed by atoms with Gasteiger partial charge in [-0.05, 0) is 24.5 Å². The lowest BCUT2D eigenvalue weighted by atomic mass is 9.77. The van der Waals surface area contributed by atoms with E-state index in [4.69, 9.17) is 5.11 Å². The number of nitrogens with one attached hydrogen (secondary N) is 1. The molecule has 2 N–H and O–H groups in total. The van der Waals surface area contributed by atoms with E-state index in [-0.39, 0.29) is 0 Å². The third kappa shape index (κ3) is 2.94. The van der Waals surface area contributed by atoms with Crippen molar-refractivity contribution < 1.29 is 9.90 Å². The van der Waals surface area contributed by atoms with Crippen molar-refractivity contribution >= 4 is 5.97 Å². The van der Waals surface area contributed by atoms with E-state index >= 15 is 0 Å². The minimum atomic E-state index is -0.877. The summed E-state index contributed by atoms with van der Waals surface area (Å²) in [4.78, 5) is 10.4. The number of hydrogen-bond donors (Lipinski definition) is 2. The molecule has 1 aromatic rings. The summed E-state index contributed by atoms with van der Waals surface area (Å²) in [5.74, 6) is -0.290. The van der Waals surface area contributed by atoms with Gasteiger partial charge < -0.3 is 10.4 Å². The van der Waals surface area contributed by atoms with E-state index in [2.05, 4.69) is 29.6 Å². The molecule has 3 nitrogen and oxygen atoms in total. The van der Waals surface area contributed by atoms with Gasteiger partial charge in [-0.15, -0.1) is 0 Å². The first-order chi connectivity index (χ1) is 8.16. The Labute approximate surface area is 101 Å². The number of benzene rings is 1. The van der Waals surface area contributed by atoms with Gasteiger partial charge in [0.2, 0.25) is 0 Å². The van der Waals surface area contributed by atoms with Crippen LogP contribution in [0.4, 0.5) is 0 Å². The maximum absolute atomic E-state index is 10.4. The van der Waals surface area contributed by atoms with E-state index in [0.29, 0.717) is 12.5 Å². The Morgan fingerprint density at radius 3 is 3.00 bits per heavy atom. The zero-order valence-corrected chi connectivity index (χ0v) is 9.94. The number of fused-ring (bicyclic) bond motifs is 1. The molecule has 0 aromatic heterocycles. The average molecular weight is 231 g/mol. The van der Waals surface area contributed by atoms with Crippen molar-refractivity contribution in [1.29, 1.82) is 0 Å². The first kappa shape index (κ1) is 11.9. The van der Waals surface area contributed by atoms with Crippen LogP contribution < -0.4 is 5.32 Å². The lowest BCUT2D eigenvalue weighted by Crippen LogP contribution is -2.30. The number of carbonyl (C=O) groups is 1. The predicted molar refractivity (Wildman–Crippen MR) is 67.1 cm³/mol. The molecule has 90 valence electrons. The summed E-state index contributed by atoms with van der Waals surface area (Å²) < 4.78 is 0. The van der Waals surface area contributed by atoms with Crippen molar-refractivity contribution in [3.8, 4) is 0 Å². The van der Waals surface area contributed by atoms with Crippen molar-refractivity contribution in [2.24, 2.45) is 0 Å². The number of carboxylic acid groups (broad SMARTS) is 1. The van der Waals surface area contributed by atoms with Crippen LogP contribution in [0.2, 0.25) is 0 Å². The molecule has 1 atom stereocenters. The molecule has 3 heteroatoms. The van der Waals surface area contributed by atoms with Crippen molar-refractivity contribution in [2.45, 2.75) is 19.3 Å². The first-order valence-electron chi connectivity index (χ1n) is 5.85. The van der Waals surface area contributed by atoms with Crippen molar-refractivity contribution in [1.82, 2.24) is 5.32 Å². The second-order valence-corrected chi connectivity index (χ2v) is 4.56. The second-order valence-electron chi connectivity index (χ2n) is 4.56. The molecule has 1 aliphatic rings. The standard InChI is InChI=1S/C14H17NO2/c1-10(6-14(16)17)8-15-9-12-7-11-4-2-3-5-13(11)12/h2-6,12,15H,7-9H2,1H3,(H,16,17)/b10-6-. The van der Waals surface area contributed by atoms with Gasteiger partial charge in [0.25, 0.3) is 0 Å². The van der Waals surface area contributed by atoms with Gasteiger partial charge in [0.15, 0.2) is 0 Å². The molecule has 0 fully saturated rings. The maximum atomic E-state index is 10.4. The van der Waals surface area contributed by atoms with Crippen molar-refractivity contribution in [3.05, 3.63) is 47.0 Å². The van der Waals surface area contributed by atoms with Crippen LogP contribution in [0.5, 0.6) is 0 Å². The van der Waals surface area contributed by atoms with Crippen LogP contribution in [0.1, 0.15) is 24.0 Å². The smallest absolute Gasteiger partial charge is 0.328 e. The Kier molecular flexibility index (Phi) is 3.59. The van der Waals surface area contributed by atoms with Gasteiger partial charge in [-0.25, -0.2) is 4.79 Å². The summed E-state index contributed by atoms with van der Waals surface area (Å²) in [7, 11) is 0. The topological polar surface area (TPSA) is 49.3 Å². The van der Waals surface area contributed by atoms with Crippen LogP contribution in [0.3, 0.4) is 0 Å². The van der Waals surface area contributed by atoms with Gasteiger partial charge in [-0.1, -0.05) is 29.8 Å². The second kappa shape index (κ2) is 5.15. The number of rotatable bonds is 5. The average Bonchev–Trinajstić information content (AvgIpc) is 2.23. The monoisotopic (exact) mass is 231 g/mol. The normalized spacial score (nSPS) is 18.4. The predicted octanol–water partition coefficient (Wildman–Crippen LogP) is 1.95. The third-order valence-electron chi connectivity index (χ3n) is 3.13. The molecule has 0 heterocycles. The Morgan fingerprint density at radius 2 is 2.29 bits per heavy atom. The fourth-order valence-electron chi connectivity index (χ4n) is 2.25. The molecule has 1 aliphatic carbocycles. The van der Waals surface area contributed by atoms with E-state index in [1.165, 1.54) is 17.2 Å². The Balaban J connectivity index is 1.77. The fourth-order valence-corrected chi connectivity index (χ4v) is 2.25. The fraction of sp³-hybridized carbons (Fsp3) is 0.357. The van der Waals surface area contributed by atoms with E-state index in [1.807, 2.05) is 6.92 Å². The van der Waals surface area contributed by atoms with Crippen LogP contribution in [-0.4, -0.2) is 24.2 Å². The molecule has 0 aliphatic heterocycles. The molecule has 0 spiro atoms. The van der Waals surface area contributed by atoms with E-state index in [9.17, 15) is 4.79 Å². The summed E-state index contributed by atoms with van der Waals surface area (Å²) in [6.07, 6.45) is 2.38. The summed E-state index contributed by atoms with van der Waals surface area (Å²) in [6.45, 7) is 3.39. The van der Waals surface area contributed by atoms with Gasteiger partial charge in [-0.2, -0.15) is 0 Å². The summed E-state index contributed by atoms with van der Waals surface area (Å²) in [5.41, 5.74) is 3.72. The summed E-state index contributed by atoms with van der Waals surface area (Å²) in [5, 5.41) is 11.9. The van der Waals surface area contributed by atoms with Crippen LogP contribution in [-0.2, 0) is 11.2 Å². The molecule has 2 rings (SSSR count). The number of hydrogen-bond acceptors (Lipinski definition) is 2. The lowest BCUT2D eigenvalue weighted by Gasteiger charge is -2.30. The first-order valence-corrected chi connectivity index (χ1v) is 5.85. The Morgan fingerprint density at radius 1 is 1.53 bits per heavy atom. The van der Waals surface area contributed by atoms with Gasteiger partial charge >= 0.3 is 5.97 Å². The molecule has 0 bridgehead atoms. The Bertz CT molecular complexity index is 451. The van der Waals surface area contributed by atoms with E-state index in [0.717, 1.165) is 18.5 Å². The van der Waals surface area contributed by atoms with Crippen molar-refractivity contribution in [3.63, 3.8) is 0 Å². The van der Waals surface area contributed by atoms with Gasteiger partial charge in [0.1, 0.15) is 0 Å². The quantitative estimate of drug-likeness (QED) is 0.761. The van der Waals surface area contributed by atoms with Crippen LogP contribution in [0.25, 0.3) is 0 Å². The van der Waals surface area contributed by atoms with Gasteiger partial charge in [0.05, 0.1) is 0 Å². The van der Waals surface area contributed by atoms with E-state index < -0.39 is 5.97 Å². The molecular formula is C14H17NO2. The molecular weight excluding hydrogens is 214 g/mol.